The summed E-state index contributed by atoms with van der Waals surface area (Å²) in [7, 11) is -3.73. The number of ether oxygens (including phenoxy) is 1. The number of hydrogen-bond donors (Lipinski definition) is 2. The summed E-state index contributed by atoms with van der Waals surface area (Å²) in [6.45, 7) is 4.45. The summed E-state index contributed by atoms with van der Waals surface area (Å²) < 4.78 is 34.2. The molecule has 2 aromatic carbocycles. The van der Waals surface area contributed by atoms with E-state index >= 15 is 0 Å². The molecule has 0 aliphatic carbocycles. The van der Waals surface area contributed by atoms with Crippen LogP contribution in [0.3, 0.4) is 0 Å². The average molecular weight is 488 g/mol. The Balaban J connectivity index is 1.28. The van der Waals surface area contributed by atoms with Crippen LogP contribution < -0.4 is 9.62 Å². The van der Waals surface area contributed by atoms with Gasteiger partial charge in [0.05, 0.1) is 36.2 Å². The molecule has 184 valence electrons. The maximum absolute atomic E-state index is 12.9. The molecule has 3 atom stereocenters. The minimum Gasteiger partial charge on any atom is -0.394 e. The predicted molar refractivity (Wildman–Crippen MR) is 130 cm³/mol. The Morgan fingerprint density at radius 3 is 2.35 bits per heavy atom. The summed E-state index contributed by atoms with van der Waals surface area (Å²) in [5.74, 6) is 0.0353. The number of para-hydroxylation sites is 1. The van der Waals surface area contributed by atoms with Crippen LogP contribution in [0, 0.1) is 6.92 Å². The van der Waals surface area contributed by atoms with Crippen molar-refractivity contribution in [2.75, 3.05) is 37.7 Å². The zero-order valence-electron chi connectivity index (χ0n) is 19.5. The zero-order chi connectivity index (χ0) is 24.1. The molecular weight excluding hydrogens is 454 g/mol. The third-order valence-corrected chi connectivity index (χ3v) is 8.10. The van der Waals surface area contributed by atoms with E-state index in [-0.39, 0.29) is 29.9 Å². The van der Waals surface area contributed by atoms with Crippen molar-refractivity contribution < 1.29 is 23.1 Å². The molecule has 34 heavy (non-hydrogen) atoms. The van der Waals surface area contributed by atoms with E-state index in [2.05, 4.69) is 21.8 Å². The molecule has 2 saturated heterocycles. The molecule has 4 rings (SSSR count). The van der Waals surface area contributed by atoms with Gasteiger partial charge < -0.3 is 19.6 Å². The molecule has 1 amide bonds. The summed E-state index contributed by atoms with van der Waals surface area (Å²) in [5.41, 5.74) is 2.14. The highest BCUT2D eigenvalue weighted by Crippen LogP contribution is 2.25. The van der Waals surface area contributed by atoms with Crippen LogP contribution in [0.2, 0.25) is 0 Å². The number of benzene rings is 2. The Bertz CT molecular complexity index is 1050. The number of piperazine rings is 1. The van der Waals surface area contributed by atoms with Crippen molar-refractivity contribution >= 4 is 21.6 Å². The van der Waals surface area contributed by atoms with Crippen LogP contribution in [0.15, 0.2) is 59.5 Å². The molecule has 0 saturated carbocycles. The molecule has 9 heteroatoms. The van der Waals surface area contributed by atoms with Crippen molar-refractivity contribution in [2.24, 2.45) is 0 Å². The topological polar surface area (TPSA) is 99.2 Å². The molecule has 8 nitrogen and oxygen atoms in total. The SMILES string of the molecule is Cc1ccc(S(=O)(=O)N[C@H]2CC[C@H](CC(=O)N3CCN(c4ccccc4)CC3)O[C@H]2CO)cc1. The van der Waals surface area contributed by atoms with Gasteiger partial charge in [-0.2, -0.15) is 0 Å². The Morgan fingerprint density at radius 2 is 1.71 bits per heavy atom. The Kier molecular flexibility index (Phi) is 7.88. The zero-order valence-corrected chi connectivity index (χ0v) is 20.3. The lowest BCUT2D eigenvalue weighted by Gasteiger charge is -2.38. The highest BCUT2D eigenvalue weighted by Gasteiger charge is 2.35. The lowest BCUT2D eigenvalue weighted by Crippen LogP contribution is -2.52. The fraction of sp³-hybridized carbons (Fsp3) is 0.480. The number of aryl methyl sites for hydroxylation is 1. The number of nitrogens with one attached hydrogen (secondary N) is 1. The van der Waals surface area contributed by atoms with Crippen LogP contribution in [0.1, 0.15) is 24.8 Å². The largest absolute Gasteiger partial charge is 0.394 e. The van der Waals surface area contributed by atoms with Crippen molar-refractivity contribution in [1.29, 1.82) is 0 Å². The van der Waals surface area contributed by atoms with Crippen LogP contribution >= 0.6 is 0 Å². The second kappa shape index (κ2) is 10.9. The van der Waals surface area contributed by atoms with E-state index in [9.17, 15) is 18.3 Å². The molecule has 2 N–H and O–H groups in total. The molecule has 2 heterocycles. The maximum Gasteiger partial charge on any atom is 0.240 e. The molecule has 0 aromatic heterocycles. The number of aliphatic hydroxyl groups is 1. The van der Waals surface area contributed by atoms with Crippen LogP contribution in [0.25, 0.3) is 0 Å². The molecule has 2 aliphatic heterocycles. The number of aliphatic hydroxyl groups excluding tert-OH is 1. The number of carbonyl (C=O) groups excluding carboxylic acids is 1. The van der Waals surface area contributed by atoms with Crippen LogP contribution in [-0.2, 0) is 19.6 Å². The first-order valence-corrected chi connectivity index (χ1v) is 13.3. The van der Waals surface area contributed by atoms with Crippen molar-refractivity contribution in [1.82, 2.24) is 9.62 Å². The summed E-state index contributed by atoms with van der Waals surface area (Å²) in [5, 5.41) is 9.84. The predicted octanol–water partition coefficient (Wildman–Crippen LogP) is 1.92. The highest BCUT2D eigenvalue weighted by molar-refractivity contribution is 7.89. The van der Waals surface area contributed by atoms with Gasteiger partial charge in [-0.05, 0) is 44.0 Å². The Hall–Kier alpha value is -2.46. The van der Waals surface area contributed by atoms with Crippen molar-refractivity contribution in [3.63, 3.8) is 0 Å². The van der Waals surface area contributed by atoms with Gasteiger partial charge in [0.2, 0.25) is 15.9 Å². The van der Waals surface area contributed by atoms with Gasteiger partial charge in [0.1, 0.15) is 0 Å². The van der Waals surface area contributed by atoms with Crippen LogP contribution in [0.5, 0.6) is 0 Å². The second-order valence-electron chi connectivity index (χ2n) is 9.00. The summed E-state index contributed by atoms with van der Waals surface area (Å²) in [6.07, 6.45) is 0.251. The molecular formula is C25H33N3O5S. The van der Waals surface area contributed by atoms with Gasteiger partial charge >= 0.3 is 0 Å². The quantitative estimate of drug-likeness (QED) is 0.619. The van der Waals surface area contributed by atoms with Crippen molar-refractivity contribution in [3.05, 3.63) is 60.2 Å². The minimum atomic E-state index is -3.73. The molecule has 0 spiro atoms. The number of nitrogens with zero attached hydrogens (tertiary/aromatic N) is 2. The van der Waals surface area contributed by atoms with Gasteiger partial charge in [0.25, 0.3) is 0 Å². The molecule has 2 aromatic rings. The highest BCUT2D eigenvalue weighted by atomic mass is 32.2. The van der Waals surface area contributed by atoms with E-state index in [1.54, 1.807) is 24.3 Å². The lowest BCUT2D eigenvalue weighted by atomic mass is 9.97. The number of rotatable bonds is 7. The maximum atomic E-state index is 12.9. The van der Waals surface area contributed by atoms with Gasteiger partial charge in [0, 0.05) is 31.9 Å². The van der Waals surface area contributed by atoms with Crippen molar-refractivity contribution in [3.8, 4) is 0 Å². The minimum absolute atomic E-state index is 0.0353. The normalized spacial score (nSPS) is 23.6. The van der Waals surface area contributed by atoms with Gasteiger partial charge in [-0.25, -0.2) is 13.1 Å². The van der Waals surface area contributed by atoms with E-state index in [4.69, 9.17) is 4.74 Å². The lowest BCUT2D eigenvalue weighted by molar-refractivity contribution is -0.140. The third-order valence-electron chi connectivity index (χ3n) is 6.59. The average Bonchev–Trinajstić information content (AvgIpc) is 2.85. The van der Waals surface area contributed by atoms with E-state index in [1.807, 2.05) is 30.0 Å². The number of sulfonamides is 1. The van der Waals surface area contributed by atoms with Gasteiger partial charge in [-0.1, -0.05) is 35.9 Å². The van der Waals surface area contributed by atoms with E-state index in [0.717, 1.165) is 24.3 Å². The second-order valence-corrected chi connectivity index (χ2v) is 10.7. The molecule has 0 radical (unpaired) electrons. The standard InChI is InChI=1S/C25H33N3O5S/c1-19-7-10-22(11-8-19)34(31,32)26-23-12-9-21(33-24(23)18-29)17-25(30)28-15-13-27(14-16-28)20-5-3-2-4-6-20/h2-8,10-11,21,23-24,26,29H,9,12-18H2,1H3/t21-,23+,24+/m1/s1. The molecule has 0 unspecified atom stereocenters. The summed E-state index contributed by atoms with van der Waals surface area (Å²) in [4.78, 5) is 17.2. The molecule has 0 bridgehead atoms. The summed E-state index contributed by atoms with van der Waals surface area (Å²) >= 11 is 0. The third kappa shape index (κ3) is 5.96. The fourth-order valence-electron chi connectivity index (χ4n) is 4.58. The number of carbonyl (C=O) groups is 1. The van der Waals surface area contributed by atoms with Gasteiger partial charge in [-0.3, -0.25) is 4.79 Å². The van der Waals surface area contributed by atoms with Gasteiger partial charge in [-0.15, -0.1) is 0 Å². The first kappa shape index (κ1) is 24.7. The van der Waals surface area contributed by atoms with Crippen LogP contribution in [-0.4, -0.2) is 75.4 Å². The number of hydrogen-bond acceptors (Lipinski definition) is 6. The fourth-order valence-corrected chi connectivity index (χ4v) is 5.88. The summed E-state index contributed by atoms with van der Waals surface area (Å²) in [6, 6.07) is 16.2. The van der Waals surface area contributed by atoms with Crippen molar-refractivity contribution in [2.45, 2.75) is 49.3 Å². The number of anilines is 1. The number of amides is 1. The van der Waals surface area contributed by atoms with Crippen LogP contribution in [0.4, 0.5) is 5.69 Å². The Labute approximate surface area is 201 Å². The Morgan fingerprint density at radius 1 is 1.03 bits per heavy atom. The molecule has 2 fully saturated rings. The van der Waals surface area contributed by atoms with E-state index < -0.39 is 22.2 Å². The van der Waals surface area contributed by atoms with E-state index in [1.165, 1.54) is 0 Å². The smallest absolute Gasteiger partial charge is 0.240 e. The monoisotopic (exact) mass is 487 g/mol. The van der Waals surface area contributed by atoms with Gasteiger partial charge in [0.15, 0.2) is 0 Å². The van der Waals surface area contributed by atoms with E-state index in [0.29, 0.717) is 25.9 Å². The first-order valence-electron chi connectivity index (χ1n) is 11.8. The first-order chi connectivity index (χ1) is 16.4. The molecule has 2 aliphatic rings.